The van der Waals surface area contributed by atoms with E-state index in [0.29, 0.717) is 30.3 Å². The number of ether oxygens (including phenoxy) is 2. The molecule has 3 aromatic carbocycles. The monoisotopic (exact) mass is 377 g/mol. The fourth-order valence-corrected chi connectivity index (χ4v) is 2.76. The molecule has 0 bridgehead atoms. The molecule has 0 heterocycles. The largest absolute Gasteiger partial charge is 0.489 e. The van der Waals surface area contributed by atoms with E-state index < -0.39 is 12.0 Å². The standard InChI is InChI=1S/C23H23NO4/c24-22(14-23(25)26)19-11-20(27-15-17-7-3-1-4-8-17)13-21(12-19)28-16-18-9-5-2-6-10-18/h1-13,22H,14-16,24H2,(H,25,26). The van der Waals surface area contributed by atoms with Gasteiger partial charge in [0.05, 0.1) is 6.42 Å². The number of benzene rings is 3. The summed E-state index contributed by atoms with van der Waals surface area (Å²) in [5.74, 6) is 0.227. The zero-order chi connectivity index (χ0) is 19.8. The van der Waals surface area contributed by atoms with Crippen molar-refractivity contribution in [3.05, 3.63) is 95.6 Å². The van der Waals surface area contributed by atoms with Crippen LogP contribution in [0.1, 0.15) is 29.2 Å². The molecule has 0 aliphatic heterocycles. The van der Waals surface area contributed by atoms with E-state index in [2.05, 4.69) is 0 Å². The maximum absolute atomic E-state index is 11.0. The van der Waals surface area contributed by atoms with Gasteiger partial charge in [-0.1, -0.05) is 60.7 Å². The first kappa shape index (κ1) is 19.5. The minimum atomic E-state index is -0.949. The number of hydrogen-bond donors (Lipinski definition) is 2. The molecular formula is C23H23NO4. The Kier molecular flexibility index (Phi) is 6.65. The Bertz CT molecular complexity index is 835. The molecule has 0 aliphatic carbocycles. The van der Waals surface area contributed by atoms with Crippen LogP contribution in [0.2, 0.25) is 0 Å². The van der Waals surface area contributed by atoms with E-state index in [0.717, 1.165) is 11.1 Å². The average Bonchev–Trinajstić information content (AvgIpc) is 2.72. The highest BCUT2D eigenvalue weighted by molar-refractivity contribution is 5.68. The van der Waals surface area contributed by atoms with Crippen LogP contribution in [0, 0.1) is 0 Å². The zero-order valence-electron chi connectivity index (χ0n) is 15.5. The van der Waals surface area contributed by atoms with E-state index in [1.807, 2.05) is 60.7 Å². The number of hydrogen-bond acceptors (Lipinski definition) is 4. The Morgan fingerprint density at radius 3 is 1.71 bits per heavy atom. The lowest BCUT2D eigenvalue weighted by Gasteiger charge is -2.15. The lowest BCUT2D eigenvalue weighted by atomic mass is 10.0. The Hall–Kier alpha value is -3.31. The summed E-state index contributed by atoms with van der Waals surface area (Å²) < 4.78 is 11.8. The molecule has 0 saturated carbocycles. The van der Waals surface area contributed by atoms with E-state index in [4.69, 9.17) is 20.3 Å². The number of nitrogens with two attached hydrogens (primary N) is 1. The van der Waals surface area contributed by atoms with Crippen molar-refractivity contribution in [1.82, 2.24) is 0 Å². The second-order valence-corrected chi connectivity index (χ2v) is 6.49. The van der Waals surface area contributed by atoms with Crippen LogP contribution in [0.15, 0.2) is 78.9 Å². The number of aliphatic carboxylic acids is 1. The van der Waals surface area contributed by atoms with E-state index in [-0.39, 0.29) is 6.42 Å². The normalized spacial score (nSPS) is 11.6. The minimum Gasteiger partial charge on any atom is -0.489 e. The van der Waals surface area contributed by atoms with Crippen molar-refractivity contribution >= 4 is 5.97 Å². The third-order valence-corrected chi connectivity index (χ3v) is 4.22. The van der Waals surface area contributed by atoms with Gasteiger partial charge in [-0.15, -0.1) is 0 Å². The van der Waals surface area contributed by atoms with Crippen LogP contribution in [0.5, 0.6) is 11.5 Å². The molecule has 5 nitrogen and oxygen atoms in total. The van der Waals surface area contributed by atoms with Crippen molar-refractivity contribution in [2.75, 3.05) is 0 Å². The van der Waals surface area contributed by atoms with E-state index in [1.54, 1.807) is 18.2 Å². The summed E-state index contributed by atoms with van der Waals surface area (Å²) in [6.07, 6.45) is -0.166. The molecule has 1 unspecified atom stereocenters. The number of carboxylic acids is 1. The molecule has 0 spiro atoms. The molecule has 1 atom stereocenters. The van der Waals surface area contributed by atoms with Gasteiger partial charge in [-0.25, -0.2) is 0 Å². The SMILES string of the molecule is NC(CC(=O)O)c1cc(OCc2ccccc2)cc(OCc2ccccc2)c1. The summed E-state index contributed by atoms with van der Waals surface area (Å²) in [5.41, 5.74) is 8.79. The second kappa shape index (κ2) is 9.58. The highest BCUT2D eigenvalue weighted by Gasteiger charge is 2.14. The average molecular weight is 377 g/mol. The summed E-state index contributed by atoms with van der Waals surface area (Å²) in [7, 11) is 0. The van der Waals surface area contributed by atoms with Gasteiger partial charge in [-0.05, 0) is 28.8 Å². The summed E-state index contributed by atoms with van der Waals surface area (Å²) in [6, 6.07) is 24.3. The lowest BCUT2D eigenvalue weighted by molar-refractivity contribution is -0.137. The maximum atomic E-state index is 11.0. The minimum absolute atomic E-state index is 0.166. The van der Waals surface area contributed by atoms with Crippen molar-refractivity contribution in [3.63, 3.8) is 0 Å². The number of rotatable bonds is 9. The highest BCUT2D eigenvalue weighted by atomic mass is 16.5. The van der Waals surface area contributed by atoms with E-state index in [1.165, 1.54) is 0 Å². The van der Waals surface area contributed by atoms with Crippen molar-refractivity contribution in [1.29, 1.82) is 0 Å². The van der Waals surface area contributed by atoms with E-state index in [9.17, 15) is 4.79 Å². The lowest BCUT2D eigenvalue weighted by Crippen LogP contribution is -2.15. The molecule has 0 amide bonds. The van der Waals surface area contributed by atoms with Gasteiger partial charge in [0.2, 0.25) is 0 Å². The number of carbonyl (C=O) groups is 1. The number of carboxylic acid groups (broad SMARTS) is 1. The molecule has 0 aliphatic rings. The van der Waals surface area contributed by atoms with Crippen molar-refractivity contribution in [3.8, 4) is 11.5 Å². The van der Waals surface area contributed by atoms with Crippen molar-refractivity contribution in [2.45, 2.75) is 25.7 Å². The zero-order valence-corrected chi connectivity index (χ0v) is 15.5. The molecule has 0 saturated heterocycles. The van der Waals surface area contributed by atoms with Crippen molar-refractivity contribution < 1.29 is 19.4 Å². The van der Waals surface area contributed by atoms with Crippen LogP contribution < -0.4 is 15.2 Å². The van der Waals surface area contributed by atoms with Gasteiger partial charge in [-0.3, -0.25) is 4.79 Å². The Morgan fingerprint density at radius 2 is 1.29 bits per heavy atom. The first-order chi connectivity index (χ1) is 13.6. The first-order valence-electron chi connectivity index (χ1n) is 9.06. The van der Waals surface area contributed by atoms with Gasteiger partial charge < -0.3 is 20.3 Å². The topological polar surface area (TPSA) is 81.8 Å². The molecule has 3 N–H and O–H groups in total. The molecule has 0 fully saturated rings. The molecule has 3 rings (SSSR count). The van der Waals surface area contributed by atoms with Gasteiger partial charge in [0.1, 0.15) is 24.7 Å². The predicted molar refractivity (Wildman–Crippen MR) is 107 cm³/mol. The molecule has 28 heavy (non-hydrogen) atoms. The van der Waals surface area contributed by atoms with Gasteiger partial charge in [0.15, 0.2) is 0 Å². The summed E-state index contributed by atoms with van der Waals surface area (Å²) >= 11 is 0. The third kappa shape index (κ3) is 5.86. The predicted octanol–water partition coefficient (Wildman–Crippen LogP) is 4.32. The second-order valence-electron chi connectivity index (χ2n) is 6.49. The summed E-state index contributed by atoms with van der Waals surface area (Å²) in [5, 5.41) is 9.05. The molecule has 0 aromatic heterocycles. The quantitative estimate of drug-likeness (QED) is 0.580. The fourth-order valence-electron chi connectivity index (χ4n) is 2.76. The highest BCUT2D eigenvalue weighted by Crippen LogP contribution is 2.28. The van der Waals surface area contributed by atoms with Crippen LogP contribution in [-0.2, 0) is 18.0 Å². The van der Waals surface area contributed by atoms with Crippen LogP contribution in [0.4, 0.5) is 0 Å². The van der Waals surface area contributed by atoms with Crippen LogP contribution in [-0.4, -0.2) is 11.1 Å². The van der Waals surface area contributed by atoms with Crippen LogP contribution in [0.25, 0.3) is 0 Å². The Balaban J connectivity index is 1.77. The molecule has 5 heteroatoms. The fraction of sp³-hybridized carbons (Fsp3) is 0.174. The van der Waals surface area contributed by atoms with Crippen molar-refractivity contribution in [2.24, 2.45) is 5.73 Å². The third-order valence-electron chi connectivity index (χ3n) is 4.22. The maximum Gasteiger partial charge on any atom is 0.305 e. The van der Waals surface area contributed by atoms with Crippen LogP contribution in [0.3, 0.4) is 0 Å². The van der Waals surface area contributed by atoms with Crippen LogP contribution >= 0.6 is 0 Å². The van der Waals surface area contributed by atoms with Gasteiger partial charge >= 0.3 is 5.97 Å². The molecular weight excluding hydrogens is 354 g/mol. The Morgan fingerprint density at radius 1 is 0.821 bits per heavy atom. The summed E-state index contributed by atoms with van der Waals surface area (Å²) in [6.45, 7) is 0.799. The van der Waals surface area contributed by atoms with E-state index >= 15 is 0 Å². The molecule has 3 aromatic rings. The summed E-state index contributed by atoms with van der Waals surface area (Å²) in [4.78, 5) is 11.0. The van der Waals surface area contributed by atoms with Gasteiger partial charge in [0.25, 0.3) is 0 Å². The smallest absolute Gasteiger partial charge is 0.305 e. The Labute approximate surface area is 164 Å². The molecule has 144 valence electrons. The molecule has 0 radical (unpaired) electrons. The first-order valence-corrected chi connectivity index (χ1v) is 9.06. The van der Waals surface area contributed by atoms with Gasteiger partial charge in [0, 0.05) is 12.1 Å². The van der Waals surface area contributed by atoms with Gasteiger partial charge in [-0.2, -0.15) is 0 Å².